The van der Waals surface area contributed by atoms with Crippen LogP contribution in [0.5, 0.6) is 0 Å². The molecule has 0 N–H and O–H groups in total. The summed E-state index contributed by atoms with van der Waals surface area (Å²) in [7, 11) is 1.71. The van der Waals surface area contributed by atoms with Gasteiger partial charge in [0, 0.05) is 32.2 Å². The Labute approximate surface area is 179 Å². The molecule has 5 fully saturated rings. The van der Waals surface area contributed by atoms with Gasteiger partial charge in [-0.1, -0.05) is 11.6 Å². The van der Waals surface area contributed by atoms with Crippen LogP contribution in [0.4, 0.5) is 4.79 Å². The van der Waals surface area contributed by atoms with E-state index in [0.717, 1.165) is 58.6 Å². The minimum Gasteiger partial charge on any atom is -0.443 e. The lowest BCUT2D eigenvalue weighted by Gasteiger charge is -2.48. The smallest absolute Gasteiger partial charge is 0.410 e. The molecule has 4 saturated heterocycles. The van der Waals surface area contributed by atoms with E-state index in [-0.39, 0.29) is 46.9 Å². The zero-order valence-corrected chi connectivity index (χ0v) is 18.6. The molecule has 2 spiro atoms. The van der Waals surface area contributed by atoms with Gasteiger partial charge in [-0.3, -0.25) is 0 Å². The van der Waals surface area contributed by atoms with Crippen molar-refractivity contribution < 1.29 is 28.5 Å². The van der Waals surface area contributed by atoms with Crippen molar-refractivity contribution in [2.45, 2.75) is 76.0 Å². The van der Waals surface area contributed by atoms with Crippen LogP contribution >= 0.6 is 0 Å². The standard InChI is InChI=1S/C23H35NO6/c1-15(2)5-6-17-21(3,30-17)19-18(26-4)16(7-8-23(19)14-28-23)29-20(25)24-11-22(12-24)9-10-27-13-22/h5,16-19H,6-14H2,1-4H3/t16?,17-,18?,19?,21+,23?/m1/s1. The first kappa shape index (κ1) is 20.7. The molecule has 0 aromatic heterocycles. The van der Waals surface area contributed by atoms with Crippen LogP contribution in [-0.2, 0) is 23.7 Å². The minimum absolute atomic E-state index is 0.0584. The summed E-state index contributed by atoms with van der Waals surface area (Å²) in [5.74, 6) is 0.0584. The van der Waals surface area contributed by atoms with Gasteiger partial charge in [-0.05, 0) is 46.5 Å². The molecule has 4 heterocycles. The van der Waals surface area contributed by atoms with E-state index in [1.54, 1.807) is 12.0 Å². The Hall–Kier alpha value is -1.15. The average Bonchev–Trinajstić information content (AvgIpc) is 3.52. The Morgan fingerprint density at radius 3 is 2.60 bits per heavy atom. The molecule has 1 amide bonds. The zero-order chi connectivity index (χ0) is 21.1. The number of rotatable bonds is 5. The number of ether oxygens (including phenoxy) is 5. The molecule has 1 saturated carbocycles. The van der Waals surface area contributed by atoms with Gasteiger partial charge in [-0.2, -0.15) is 0 Å². The fraction of sp³-hybridized carbons (Fsp3) is 0.870. The molecule has 5 aliphatic rings. The van der Waals surface area contributed by atoms with Gasteiger partial charge in [0.15, 0.2) is 0 Å². The third kappa shape index (κ3) is 3.38. The van der Waals surface area contributed by atoms with Crippen LogP contribution in [0.2, 0.25) is 0 Å². The molecule has 7 nitrogen and oxygen atoms in total. The molecule has 0 bridgehead atoms. The van der Waals surface area contributed by atoms with E-state index < -0.39 is 0 Å². The maximum absolute atomic E-state index is 12.8. The maximum Gasteiger partial charge on any atom is 0.410 e. The predicted molar refractivity (Wildman–Crippen MR) is 109 cm³/mol. The summed E-state index contributed by atoms with van der Waals surface area (Å²) in [6.45, 7) is 10.1. The Morgan fingerprint density at radius 2 is 2.00 bits per heavy atom. The van der Waals surface area contributed by atoms with Crippen LogP contribution in [-0.4, -0.2) is 80.5 Å². The molecule has 5 rings (SSSR count). The van der Waals surface area contributed by atoms with Crippen LogP contribution in [0, 0.1) is 11.3 Å². The highest BCUT2D eigenvalue weighted by atomic mass is 16.6. The van der Waals surface area contributed by atoms with Crippen molar-refractivity contribution in [2.75, 3.05) is 40.0 Å². The summed E-state index contributed by atoms with van der Waals surface area (Å²) in [6, 6.07) is 0. The second kappa shape index (κ2) is 7.19. The maximum atomic E-state index is 12.8. The first-order chi connectivity index (χ1) is 14.3. The Kier molecular flexibility index (Phi) is 4.97. The molecule has 0 aromatic rings. The zero-order valence-electron chi connectivity index (χ0n) is 18.6. The quantitative estimate of drug-likeness (QED) is 0.502. The molecular formula is C23H35NO6. The third-order valence-corrected chi connectivity index (χ3v) is 7.98. The van der Waals surface area contributed by atoms with Crippen molar-refractivity contribution in [1.29, 1.82) is 0 Å². The van der Waals surface area contributed by atoms with E-state index in [9.17, 15) is 4.79 Å². The van der Waals surface area contributed by atoms with Gasteiger partial charge in [0.05, 0.1) is 25.2 Å². The first-order valence-electron chi connectivity index (χ1n) is 11.3. The van der Waals surface area contributed by atoms with Crippen LogP contribution < -0.4 is 0 Å². The average molecular weight is 422 g/mol. The summed E-state index contributed by atoms with van der Waals surface area (Å²) >= 11 is 0. The van der Waals surface area contributed by atoms with Crippen molar-refractivity contribution in [3.8, 4) is 0 Å². The number of epoxide rings is 2. The number of carbonyl (C=O) groups is 1. The van der Waals surface area contributed by atoms with Gasteiger partial charge in [-0.25, -0.2) is 4.79 Å². The minimum atomic E-state index is -0.309. The normalized spacial score (nSPS) is 43.4. The predicted octanol–water partition coefficient (Wildman–Crippen LogP) is 2.92. The monoisotopic (exact) mass is 421 g/mol. The summed E-state index contributed by atoms with van der Waals surface area (Å²) in [6.07, 6.45) is 5.22. The molecular weight excluding hydrogens is 386 g/mol. The van der Waals surface area contributed by atoms with Crippen LogP contribution in [0.15, 0.2) is 11.6 Å². The third-order valence-electron chi connectivity index (χ3n) is 7.98. The van der Waals surface area contributed by atoms with Crippen molar-refractivity contribution in [3.05, 3.63) is 11.6 Å². The van der Waals surface area contributed by atoms with Crippen LogP contribution in [0.25, 0.3) is 0 Å². The van der Waals surface area contributed by atoms with Gasteiger partial charge >= 0.3 is 6.09 Å². The lowest BCUT2D eigenvalue weighted by molar-refractivity contribution is -0.127. The number of hydrogen-bond acceptors (Lipinski definition) is 6. The summed E-state index contributed by atoms with van der Waals surface area (Å²) in [4.78, 5) is 14.6. The fourth-order valence-electron chi connectivity index (χ4n) is 6.07. The highest BCUT2D eigenvalue weighted by molar-refractivity contribution is 5.69. The van der Waals surface area contributed by atoms with E-state index in [4.69, 9.17) is 23.7 Å². The number of amides is 1. The van der Waals surface area contributed by atoms with Gasteiger partial charge in [-0.15, -0.1) is 0 Å². The number of methoxy groups -OCH3 is 1. The number of allylic oxidation sites excluding steroid dienone is 1. The summed E-state index contributed by atoms with van der Waals surface area (Å²) in [5, 5.41) is 0. The molecule has 30 heavy (non-hydrogen) atoms. The molecule has 1 aliphatic carbocycles. The molecule has 0 aromatic carbocycles. The number of carbonyl (C=O) groups excluding carboxylic acids is 1. The topological polar surface area (TPSA) is 73.1 Å². The molecule has 0 radical (unpaired) electrons. The molecule has 6 atom stereocenters. The van der Waals surface area contributed by atoms with Crippen molar-refractivity contribution in [1.82, 2.24) is 4.90 Å². The van der Waals surface area contributed by atoms with E-state index in [1.807, 2.05) is 0 Å². The van der Waals surface area contributed by atoms with Crippen molar-refractivity contribution in [3.63, 3.8) is 0 Å². The molecule has 4 aliphatic heterocycles. The lowest BCUT2D eigenvalue weighted by atomic mass is 9.68. The van der Waals surface area contributed by atoms with Gasteiger partial charge in [0.25, 0.3) is 0 Å². The first-order valence-corrected chi connectivity index (χ1v) is 11.3. The van der Waals surface area contributed by atoms with Crippen molar-refractivity contribution >= 4 is 6.09 Å². The Balaban J connectivity index is 1.26. The number of hydrogen-bond donors (Lipinski definition) is 0. The highest BCUT2D eigenvalue weighted by Crippen LogP contribution is 2.59. The van der Waals surface area contributed by atoms with Gasteiger partial charge in [0.1, 0.15) is 23.4 Å². The van der Waals surface area contributed by atoms with Crippen molar-refractivity contribution in [2.24, 2.45) is 11.3 Å². The molecule has 168 valence electrons. The van der Waals surface area contributed by atoms with Crippen LogP contribution in [0.1, 0.15) is 46.5 Å². The molecule has 7 heteroatoms. The summed E-state index contributed by atoms with van der Waals surface area (Å²) in [5.41, 5.74) is 0.953. The molecule has 4 unspecified atom stereocenters. The largest absolute Gasteiger partial charge is 0.443 e. The Bertz CT molecular complexity index is 715. The van der Waals surface area contributed by atoms with E-state index >= 15 is 0 Å². The van der Waals surface area contributed by atoms with E-state index in [1.165, 1.54) is 5.57 Å². The van der Waals surface area contributed by atoms with E-state index in [0.29, 0.717) is 0 Å². The second-order valence-electron chi connectivity index (χ2n) is 10.5. The van der Waals surface area contributed by atoms with Gasteiger partial charge < -0.3 is 28.6 Å². The fourth-order valence-corrected chi connectivity index (χ4v) is 6.07. The van der Waals surface area contributed by atoms with E-state index in [2.05, 4.69) is 26.8 Å². The second-order valence-corrected chi connectivity index (χ2v) is 10.5. The number of nitrogens with zero attached hydrogens (tertiary/aromatic N) is 1. The highest BCUT2D eigenvalue weighted by Gasteiger charge is 2.72. The Morgan fingerprint density at radius 1 is 1.23 bits per heavy atom. The van der Waals surface area contributed by atoms with Gasteiger partial charge in [0.2, 0.25) is 0 Å². The summed E-state index contributed by atoms with van der Waals surface area (Å²) < 4.78 is 29.7. The lowest BCUT2D eigenvalue weighted by Crippen LogP contribution is -2.61. The van der Waals surface area contributed by atoms with Crippen LogP contribution in [0.3, 0.4) is 0 Å². The number of likely N-dealkylation sites (tertiary alicyclic amines) is 1. The SMILES string of the molecule is COC1C(OC(=O)N2CC3(CCOC3)C2)CCC2(CO2)C1[C@@]1(C)O[C@@H]1CC=C(C)C.